The number of hydrogen-bond acceptors (Lipinski definition) is 3. The Morgan fingerprint density at radius 1 is 1.40 bits per heavy atom. The summed E-state index contributed by atoms with van der Waals surface area (Å²) in [6, 6.07) is 2.31. The lowest BCUT2D eigenvalue weighted by Crippen LogP contribution is -2.49. The Balaban J connectivity index is 1.79. The Hall–Kier alpha value is -0.390. The zero-order valence-corrected chi connectivity index (χ0v) is 14.0. The highest BCUT2D eigenvalue weighted by Crippen LogP contribution is 2.30. The van der Waals surface area contributed by atoms with Gasteiger partial charge in [-0.05, 0) is 37.3 Å². The molecule has 2 heterocycles. The van der Waals surface area contributed by atoms with Gasteiger partial charge in [-0.1, -0.05) is 22.4 Å². The molecule has 3 rings (SSSR count). The quantitative estimate of drug-likeness (QED) is 0.600. The lowest BCUT2D eigenvalue weighted by Gasteiger charge is -2.34. The maximum atomic E-state index is 12.7. The molecular formula is C15H20BrNO2S. The number of hydrogen-bond donors (Lipinski definition) is 0. The van der Waals surface area contributed by atoms with E-state index in [2.05, 4.69) is 22.0 Å². The third-order valence-corrected chi connectivity index (χ3v) is 6.10. The van der Waals surface area contributed by atoms with Gasteiger partial charge in [-0.3, -0.25) is 4.79 Å². The van der Waals surface area contributed by atoms with Crippen LogP contribution in [0, 0.1) is 0 Å². The van der Waals surface area contributed by atoms with E-state index in [0.717, 1.165) is 23.0 Å². The molecule has 1 aromatic heterocycles. The standard InChI is InChI=1S/C15H20BrNO2S/c16-9-12-10-19-7-6-17(12)15(18)14-8-11-4-2-1-3-5-13(11)20-14/h8,12H,1-7,9-10H2. The smallest absolute Gasteiger partial charge is 0.264 e. The second kappa shape index (κ2) is 6.58. The van der Waals surface area contributed by atoms with Crippen molar-refractivity contribution in [2.45, 2.75) is 38.1 Å². The summed E-state index contributed by atoms with van der Waals surface area (Å²) in [6.45, 7) is 2.00. The van der Waals surface area contributed by atoms with E-state index in [4.69, 9.17) is 4.74 Å². The van der Waals surface area contributed by atoms with E-state index >= 15 is 0 Å². The molecule has 1 aromatic rings. The zero-order chi connectivity index (χ0) is 13.9. The minimum atomic E-state index is 0.165. The van der Waals surface area contributed by atoms with Crippen LogP contribution in [0.3, 0.4) is 0 Å². The van der Waals surface area contributed by atoms with Gasteiger partial charge in [-0.2, -0.15) is 0 Å². The van der Waals surface area contributed by atoms with Crippen molar-refractivity contribution in [3.63, 3.8) is 0 Å². The van der Waals surface area contributed by atoms with Crippen LogP contribution in [-0.4, -0.2) is 41.9 Å². The number of amides is 1. The number of alkyl halides is 1. The predicted molar refractivity (Wildman–Crippen MR) is 85.0 cm³/mol. The monoisotopic (exact) mass is 357 g/mol. The van der Waals surface area contributed by atoms with Gasteiger partial charge < -0.3 is 9.64 Å². The Kier molecular flexibility index (Phi) is 4.79. The maximum absolute atomic E-state index is 12.7. The molecule has 20 heavy (non-hydrogen) atoms. The number of carbonyl (C=O) groups is 1. The second-order valence-electron chi connectivity index (χ2n) is 5.50. The highest BCUT2D eigenvalue weighted by molar-refractivity contribution is 9.09. The van der Waals surface area contributed by atoms with Crippen LogP contribution in [0.25, 0.3) is 0 Å². The Labute approximate surface area is 132 Å². The molecule has 1 amide bonds. The van der Waals surface area contributed by atoms with Crippen molar-refractivity contribution < 1.29 is 9.53 Å². The van der Waals surface area contributed by atoms with E-state index in [0.29, 0.717) is 19.8 Å². The summed E-state index contributed by atoms with van der Waals surface area (Å²) in [7, 11) is 0. The van der Waals surface area contributed by atoms with E-state index in [9.17, 15) is 4.79 Å². The average Bonchev–Trinajstić information content (AvgIpc) is 2.77. The van der Waals surface area contributed by atoms with Gasteiger partial charge in [0, 0.05) is 16.8 Å². The van der Waals surface area contributed by atoms with Crippen molar-refractivity contribution in [3.05, 3.63) is 21.4 Å². The third-order valence-electron chi connectivity index (χ3n) is 4.12. The van der Waals surface area contributed by atoms with Gasteiger partial charge in [0.15, 0.2) is 0 Å². The van der Waals surface area contributed by atoms with Gasteiger partial charge in [0.25, 0.3) is 5.91 Å². The Morgan fingerprint density at radius 3 is 3.10 bits per heavy atom. The molecule has 0 aromatic carbocycles. The van der Waals surface area contributed by atoms with E-state index in [1.54, 1.807) is 11.3 Å². The van der Waals surface area contributed by atoms with Gasteiger partial charge in [0.2, 0.25) is 0 Å². The summed E-state index contributed by atoms with van der Waals surface area (Å²) in [5, 5.41) is 0.782. The number of halogens is 1. The van der Waals surface area contributed by atoms with Crippen LogP contribution in [0.1, 0.15) is 39.4 Å². The van der Waals surface area contributed by atoms with Crippen LogP contribution in [0.2, 0.25) is 0 Å². The van der Waals surface area contributed by atoms with Crippen LogP contribution in [0.5, 0.6) is 0 Å². The topological polar surface area (TPSA) is 29.5 Å². The fourth-order valence-electron chi connectivity index (χ4n) is 2.96. The predicted octanol–water partition coefficient (Wildman–Crippen LogP) is 3.25. The Bertz CT molecular complexity index is 465. The van der Waals surface area contributed by atoms with Crippen molar-refractivity contribution in [2.24, 2.45) is 0 Å². The van der Waals surface area contributed by atoms with Gasteiger partial charge >= 0.3 is 0 Å². The van der Waals surface area contributed by atoms with Crippen molar-refractivity contribution in [3.8, 4) is 0 Å². The van der Waals surface area contributed by atoms with E-state index in [-0.39, 0.29) is 11.9 Å². The average molecular weight is 358 g/mol. The van der Waals surface area contributed by atoms with Crippen molar-refractivity contribution in [1.29, 1.82) is 0 Å². The molecule has 2 aliphatic rings. The molecule has 0 radical (unpaired) electrons. The molecule has 1 atom stereocenters. The minimum absolute atomic E-state index is 0.165. The molecule has 1 unspecified atom stereocenters. The number of aryl methyl sites for hydroxylation is 2. The minimum Gasteiger partial charge on any atom is -0.377 e. The van der Waals surface area contributed by atoms with Crippen molar-refractivity contribution in [2.75, 3.05) is 25.1 Å². The number of rotatable bonds is 2. The molecule has 0 bridgehead atoms. The summed E-state index contributed by atoms with van der Waals surface area (Å²) < 4.78 is 5.47. The summed E-state index contributed by atoms with van der Waals surface area (Å²) in [5.74, 6) is 0.191. The SMILES string of the molecule is O=C(c1cc2c(s1)CCCCC2)N1CCOCC1CBr. The summed E-state index contributed by atoms with van der Waals surface area (Å²) in [6.07, 6.45) is 6.14. The van der Waals surface area contributed by atoms with E-state index in [1.165, 1.54) is 29.7 Å². The van der Waals surface area contributed by atoms with E-state index < -0.39 is 0 Å². The molecular weight excluding hydrogens is 338 g/mol. The van der Waals surface area contributed by atoms with Crippen LogP contribution in [0.4, 0.5) is 0 Å². The molecule has 0 spiro atoms. The first-order valence-corrected chi connectivity index (χ1v) is 9.29. The lowest BCUT2D eigenvalue weighted by atomic mass is 10.1. The molecule has 110 valence electrons. The molecule has 5 heteroatoms. The molecule has 1 saturated heterocycles. The molecule has 1 aliphatic heterocycles. The van der Waals surface area contributed by atoms with Gasteiger partial charge in [-0.25, -0.2) is 0 Å². The highest BCUT2D eigenvalue weighted by atomic mass is 79.9. The molecule has 3 nitrogen and oxygen atoms in total. The molecule has 0 N–H and O–H groups in total. The molecule has 1 aliphatic carbocycles. The van der Waals surface area contributed by atoms with Crippen LogP contribution in [-0.2, 0) is 17.6 Å². The third kappa shape index (κ3) is 2.95. The van der Waals surface area contributed by atoms with Gasteiger partial charge in [-0.15, -0.1) is 11.3 Å². The van der Waals surface area contributed by atoms with Crippen molar-refractivity contribution >= 4 is 33.2 Å². The largest absolute Gasteiger partial charge is 0.377 e. The molecule has 1 fully saturated rings. The number of morpholine rings is 1. The second-order valence-corrected chi connectivity index (χ2v) is 7.29. The zero-order valence-electron chi connectivity index (χ0n) is 11.6. The fraction of sp³-hybridized carbons (Fsp3) is 0.667. The van der Waals surface area contributed by atoms with Crippen LogP contribution < -0.4 is 0 Å². The van der Waals surface area contributed by atoms with Gasteiger partial charge in [0.1, 0.15) is 0 Å². The van der Waals surface area contributed by atoms with Crippen LogP contribution in [0.15, 0.2) is 6.07 Å². The van der Waals surface area contributed by atoms with Crippen LogP contribution >= 0.6 is 27.3 Å². The normalized spacial score (nSPS) is 23.2. The van der Waals surface area contributed by atoms with Crippen molar-refractivity contribution in [1.82, 2.24) is 4.90 Å². The summed E-state index contributed by atoms with van der Waals surface area (Å²) in [5.41, 5.74) is 1.42. The Morgan fingerprint density at radius 2 is 2.25 bits per heavy atom. The molecule has 0 saturated carbocycles. The number of carbonyl (C=O) groups excluding carboxylic acids is 1. The summed E-state index contributed by atoms with van der Waals surface area (Å²) in [4.78, 5) is 17.1. The number of thiophene rings is 1. The fourth-order valence-corrected chi connectivity index (χ4v) is 4.71. The van der Waals surface area contributed by atoms with Gasteiger partial charge in [0.05, 0.1) is 24.1 Å². The van der Waals surface area contributed by atoms with E-state index in [1.807, 2.05) is 4.90 Å². The first kappa shape index (κ1) is 14.5. The first-order chi connectivity index (χ1) is 9.79. The number of ether oxygens (including phenoxy) is 1. The first-order valence-electron chi connectivity index (χ1n) is 7.36. The maximum Gasteiger partial charge on any atom is 0.264 e. The number of fused-ring (bicyclic) bond motifs is 1. The lowest BCUT2D eigenvalue weighted by molar-refractivity contribution is 0.00552. The number of nitrogens with zero attached hydrogens (tertiary/aromatic N) is 1. The summed E-state index contributed by atoms with van der Waals surface area (Å²) >= 11 is 5.20. The highest BCUT2D eigenvalue weighted by Gasteiger charge is 2.29.